The van der Waals surface area contributed by atoms with Crippen LogP contribution in [0.3, 0.4) is 0 Å². The van der Waals surface area contributed by atoms with Gasteiger partial charge >= 0.3 is 0 Å². The second-order valence-corrected chi connectivity index (χ2v) is 5.54. The van der Waals surface area contributed by atoms with E-state index in [-0.39, 0.29) is 12.6 Å². The molecule has 0 saturated carbocycles. The van der Waals surface area contributed by atoms with Gasteiger partial charge in [0.05, 0.1) is 0 Å². The van der Waals surface area contributed by atoms with E-state index >= 15 is 0 Å². The van der Waals surface area contributed by atoms with E-state index in [1.54, 1.807) is 0 Å². The normalized spacial score (nSPS) is 19.9. The summed E-state index contributed by atoms with van der Waals surface area (Å²) in [7, 11) is 0. The molecule has 0 N–H and O–H groups in total. The summed E-state index contributed by atoms with van der Waals surface area (Å²) in [5.74, 6) is 1.69. The molecule has 0 radical (unpaired) electrons. The van der Waals surface area contributed by atoms with Crippen molar-refractivity contribution >= 4 is 17.4 Å². The van der Waals surface area contributed by atoms with Crippen LogP contribution in [0.15, 0.2) is 36.0 Å². The monoisotopic (exact) mass is 276 g/mol. The summed E-state index contributed by atoms with van der Waals surface area (Å²) in [5, 5.41) is 0. The molecule has 3 heteroatoms. The van der Waals surface area contributed by atoms with Crippen LogP contribution in [-0.4, -0.2) is 12.6 Å². The Morgan fingerprint density at radius 3 is 2.86 bits per heavy atom. The van der Waals surface area contributed by atoms with Gasteiger partial charge in [0.2, 0.25) is 6.79 Å². The van der Waals surface area contributed by atoms with Crippen molar-refractivity contribution in [3.63, 3.8) is 0 Å². The van der Waals surface area contributed by atoms with Crippen molar-refractivity contribution in [1.82, 2.24) is 0 Å². The van der Waals surface area contributed by atoms with E-state index in [0.717, 1.165) is 45.7 Å². The highest BCUT2D eigenvalue weighted by molar-refractivity contribution is 6.08. The molecule has 0 spiro atoms. The predicted molar refractivity (Wildman–Crippen MR) is 79.5 cm³/mol. The van der Waals surface area contributed by atoms with Gasteiger partial charge in [-0.05, 0) is 23.1 Å². The fraction of sp³-hybridized carbons (Fsp3) is 0.167. The fourth-order valence-electron chi connectivity index (χ4n) is 3.61. The lowest BCUT2D eigenvalue weighted by atomic mass is 9.79. The second kappa shape index (κ2) is 3.76. The maximum atomic E-state index is 12.4. The zero-order valence-electron chi connectivity index (χ0n) is 11.3. The lowest BCUT2D eigenvalue weighted by molar-refractivity contribution is 0.0993. The van der Waals surface area contributed by atoms with Crippen LogP contribution >= 0.6 is 0 Å². The highest BCUT2D eigenvalue weighted by Crippen LogP contribution is 2.51. The second-order valence-electron chi connectivity index (χ2n) is 5.54. The molecule has 1 aromatic rings. The number of fused-ring (bicyclic) bond motifs is 8. The number of hydrogen-bond acceptors (Lipinski definition) is 3. The Hall–Kier alpha value is -2.55. The Morgan fingerprint density at radius 2 is 1.90 bits per heavy atom. The van der Waals surface area contributed by atoms with E-state index in [2.05, 4.69) is 18.2 Å². The van der Waals surface area contributed by atoms with Crippen molar-refractivity contribution in [3.05, 3.63) is 58.2 Å². The Bertz CT molecular complexity index is 835. The van der Waals surface area contributed by atoms with Crippen LogP contribution in [0.4, 0.5) is 0 Å². The lowest BCUT2D eigenvalue weighted by Crippen LogP contribution is -2.14. The first kappa shape index (κ1) is 11.1. The molecule has 0 amide bonds. The van der Waals surface area contributed by atoms with E-state index in [9.17, 15) is 4.79 Å². The van der Waals surface area contributed by atoms with Gasteiger partial charge < -0.3 is 9.47 Å². The SMILES string of the molecule is O=C1CC=Cc2c3c(c4c(c21)CC=C1C=CC=C14)OCO3. The van der Waals surface area contributed by atoms with Gasteiger partial charge in [0.1, 0.15) is 0 Å². The minimum Gasteiger partial charge on any atom is -0.453 e. The molecule has 4 aliphatic rings. The van der Waals surface area contributed by atoms with Crippen molar-refractivity contribution in [3.8, 4) is 11.5 Å². The third-order valence-corrected chi connectivity index (χ3v) is 4.47. The van der Waals surface area contributed by atoms with Crippen LogP contribution in [0.25, 0.3) is 11.6 Å². The number of benzene rings is 1. The summed E-state index contributed by atoms with van der Waals surface area (Å²) in [5.41, 5.74) is 6.19. The van der Waals surface area contributed by atoms with Crippen molar-refractivity contribution in [2.45, 2.75) is 12.8 Å². The minimum atomic E-state index is 0.172. The minimum absolute atomic E-state index is 0.172. The predicted octanol–water partition coefficient (Wildman–Crippen LogP) is 3.45. The molecule has 21 heavy (non-hydrogen) atoms. The first-order valence-corrected chi connectivity index (χ1v) is 7.12. The van der Waals surface area contributed by atoms with Crippen LogP contribution in [0.5, 0.6) is 11.5 Å². The highest BCUT2D eigenvalue weighted by atomic mass is 16.7. The first-order chi connectivity index (χ1) is 10.3. The van der Waals surface area contributed by atoms with Gasteiger partial charge in [-0.15, -0.1) is 0 Å². The summed E-state index contributed by atoms with van der Waals surface area (Å²) in [6, 6.07) is 0. The van der Waals surface area contributed by atoms with Crippen LogP contribution in [0.1, 0.15) is 33.5 Å². The van der Waals surface area contributed by atoms with Crippen molar-refractivity contribution in [2.75, 3.05) is 6.79 Å². The zero-order valence-corrected chi connectivity index (χ0v) is 11.3. The average molecular weight is 276 g/mol. The number of allylic oxidation sites excluding steroid dienone is 7. The van der Waals surface area contributed by atoms with Gasteiger partial charge in [0.15, 0.2) is 17.3 Å². The molecule has 0 fully saturated rings. The molecule has 1 aromatic carbocycles. The molecule has 1 heterocycles. The first-order valence-electron chi connectivity index (χ1n) is 7.12. The van der Waals surface area contributed by atoms with Gasteiger partial charge in [-0.1, -0.05) is 36.5 Å². The number of ether oxygens (including phenoxy) is 2. The molecule has 0 bridgehead atoms. The Balaban J connectivity index is 1.91. The van der Waals surface area contributed by atoms with Gasteiger partial charge in [0.25, 0.3) is 0 Å². The molecule has 5 rings (SSSR count). The topological polar surface area (TPSA) is 35.5 Å². The number of rotatable bonds is 0. The molecular weight excluding hydrogens is 264 g/mol. The molecule has 0 unspecified atom stereocenters. The summed E-state index contributed by atoms with van der Waals surface area (Å²) < 4.78 is 11.4. The Kier molecular flexibility index (Phi) is 1.99. The van der Waals surface area contributed by atoms with Crippen LogP contribution in [-0.2, 0) is 6.42 Å². The molecule has 1 aliphatic heterocycles. The summed E-state index contributed by atoms with van der Waals surface area (Å²) in [6.45, 7) is 0.222. The number of Topliss-reactive ketones (excluding diaryl/α,β-unsaturated/α-hetero) is 1. The van der Waals surface area contributed by atoms with Gasteiger partial charge in [-0.2, -0.15) is 0 Å². The summed E-state index contributed by atoms with van der Waals surface area (Å²) in [6.07, 6.45) is 13.5. The molecular formula is C18H12O3. The fourth-order valence-corrected chi connectivity index (χ4v) is 3.61. The third kappa shape index (κ3) is 1.31. The van der Waals surface area contributed by atoms with Crippen LogP contribution in [0.2, 0.25) is 0 Å². The Labute approximate surface area is 121 Å². The number of ketones is 1. The standard InChI is InChI=1S/C18H12O3/c19-14-6-2-5-13-15(14)12-8-7-10-3-1-4-11(10)16(12)18-17(13)20-9-21-18/h1-5,7H,6,8-9H2. The van der Waals surface area contributed by atoms with Gasteiger partial charge in [-0.3, -0.25) is 4.79 Å². The quantitative estimate of drug-likeness (QED) is 0.728. The largest absolute Gasteiger partial charge is 0.453 e. The van der Waals surface area contributed by atoms with Gasteiger partial charge in [0, 0.05) is 23.1 Å². The zero-order chi connectivity index (χ0) is 14.0. The van der Waals surface area contributed by atoms with Crippen LogP contribution in [0, 0.1) is 0 Å². The lowest BCUT2D eigenvalue weighted by Gasteiger charge is -2.24. The average Bonchev–Trinajstić information content (AvgIpc) is 3.15. The number of hydrogen-bond donors (Lipinski definition) is 0. The molecule has 3 aliphatic carbocycles. The highest BCUT2D eigenvalue weighted by Gasteiger charge is 2.35. The summed E-state index contributed by atoms with van der Waals surface area (Å²) in [4.78, 5) is 12.4. The number of carbonyl (C=O) groups excluding carboxylic acids is 1. The molecule has 0 saturated heterocycles. The maximum absolute atomic E-state index is 12.4. The van der Waals surface area contributed by atoms with Crippen LogP contribution < -0.4 is 9.47 Å². The van der Waals surface area contributed by atoms with E-state index in [1.807, 2.05) is 18.2 Å². The van der Waals surface area contributed by atoms with Crippen molar-refractivity contribution < 1.29 is 14.3 Å². The molecule has 0 aromatic heterocycles. The van der Waals surface area contributed by atoms with E-state index in [0.29, 0.717) is 6.42 Å². The van der Waals surface area contributed by atoms with Crippen molar-refractivity contribution in [2.24, 2.45) is 0 Å². The van der Waals surface area contributed by atoms with E-state index in [1.165, 1.54) is 5.57 Å². The maximum Gasteiger partial charge on any atom is 0.231 e. The number of carbonyl (C=O) groups is 1. The van der Waals surface area contributed by atoms with E-state index < -0.39 is 0 Å². The van der Waals surface area contributed by atoms with Gasteiger partial charge in [-0.25, -0.2) is 0 Å². The summed E-state index contributed by atoms with van der Waals surface area (Å²) >= 11 is 0. The van der Waals surface area contributed by atoms with E-state index in [4.69, 9.17) is 9.47 Å². The third-order valence-electron chi connectivity index (χ3n) is 4.47. The molecule has 3 nitrogen and oxygen atoms in total. The Morgan fingerprint density at radius 1 is 1.00 bits per heavy atom. The van der Waals surface area contributed by atoms with Crippen molar-refractivity contribution in [1.29, 1.82) is 0 Å². The molecule has 0 atom stereocenters. The molecule has 102 valence electrons. The smallest absolute Gasteiger partial charge is 0.231 e.